The van der Waals surface area contributed by atoms with E-state index in [1.54, 1.807) is 13.8 Å². The second-order valence-electron chi connectivity index (χ2n) is 5.89. The van der Waals surface area contributed by atoms with Crippen LogP contribution in [0.2, 0.25) is 0 Å². The lowest BCUT2D eigenvalue weighted by atomic mass is 9.83. The average Bonchev–Trinajstić information content (AvgIpc) is 2.39. The van der Waals surface area contributed by atoms with E-state index in [9.17, 15) is 8.42 Å². The molecule has 19 heavy (non-hydrogen) atoms. The maximum Gasteiger partial charge on any atom is 0.153 e. The van der Waals surface area contributed by atoms with Gasteiger partial charge in [-0.1, -0.05) is 19.8 Å². The Labute approximate surface area is 118 Å². The van der Waals surface area contributed by atoms with E-state index >= 15 is 0 Å². The molecule has 0 aliphatic heterocycles. The molecule has 1 fully saturated rings. The Balaban J connectivity index is 2.62. The number of rotatable bonds is 7. The maximum atomic E-state index is 11.9. The lowest BCUT2D eigenvalue weighted by Crippen LogP contribution is -2.47. The van der Waals surface area contributed by atoms with Crippen LogP contribution in [0, 0.1) is 5.92 Å². The van der Waals surface area contributed by atoms with Crippen LogP contribution in [0.3, 0.4) is 0 Å². The Morgan fingerprint density at radius 2 is 1.89 bits per heavy atom. The van der Waals surface area contributed by atoms with Gasteiger partial charge < -0.3 is 5.73 Å². The van der Waals surface area contributed by atoms with Crippen LogP contribution >= 0.6 is 0 Å². The molecule has 0 aromatic heterocycles. The highest BCUT2D eigenvalue weighted by Crippen LogP contribution is 2.27. The van der Waals surface area contributed by atoms with E-state index in [4.69, 9.17) is 5.73 Å². The summed E-state index contributed by atoms with van der Waals surface area (Å²) in [5, 5.41) is -0.275. The molecule has 0 radical (unpaired) electrons. The minimum absolute atomic E-state index is 0.270. The molecule has 2 N–H and O–H groups in total. The monoisotopic (exact) mass is 290 g/mol. The predicted molar refractivity (Wildman–Crippen MR) is 81.0 cm³/mol. The number of nitrogens with zero attached hydrogens (tertiary/aromatic N) is 1. The molecular formula is C14H30N2O2S. The Kier molecular flexibility index (Phi) is 6.77. The van der Waals surface area contributed by atoms with E-state index < -0.39 is 9.84 Å². The van der Waals surface area contributed by atoms with Crippen LogP contribution < -0.4 is 5.73 Å². The Bertz CT molecular complexity index is 354. The van der Waals surface area contributed by atoms with Gasteiger partial charge in [-0.15, -0.1) is 0 Å². The fourth-order valence-electron chi connectivity index (χ4n) is 2.98. The lowest BCUT2D eigenvalue weighted by molar-refractivity contribution is 0.119. The minimum atomic E-state index is -2.94. The first kappa shape index (κ1) is 16.9. The number of nitrogens with two attached hydrogens (primary N) is 1. The van der Waals surface area contributed by atoms with E-state index in [1.807, 2.05) is 0 Å². The van der Waals surface area contributed by atoms with Crippen LogP contribution in [0.25, 0.3) is 0 Å². The van der Waals surface area contributed by atoms with Crippen LogP contribution in [0.15, 0.2) is 0 Å². The molecule has 0 bridgehead atoms. The van der Waals surface area contributed by atoms with Crippen LogP contribution in [0.1, 0.15) is 46.5 Å². The van der Waals surface area contributed by atoms with Gasteiger partial charge in [-0.3, -0.25) is 4.90 Å². The molecule has 2 atom stereocenters. The summed E-state index contributed by atoms with van der Waals surface area (Å²) in [5.41, 5.74) is 5.87. The van der Waals surface area contributed by atoms with Crippen molar-refractivity contribution in [3.63, 3.8) is 0 Å². The van der Waals surface area contributed by atoms with Crippen molar-refractivity contribution < 1.29 is 8.42 Å². The molecule has 2 unspecified atom stereocenters. The molecule has 1 rings (SSSR count). The first-order valence-electron chi connectivity index (χ1n) is 7.58. The molecule has 0 aromatic rings. The van der Waals surface area contributed by atoms with Crippen LogP contribution in [-0.2, 0) is 9.84 Å². The largest absolute Gasteiger partial charge is 0.330 e. The quantitative estimate of drug-likeness (QED) is 0.774. The first-order chi connectivity index (χ1) is 8.92. The molecular weight excluding hydrogens is 260 g/mol. The summed E-state index contributed by atoms with van der Waals surface area (Å²) in [6, 6.07) is 0.478. The highest BCUT2D eigenvalue weighted by Gasteiger charge is 2.29. The van der Waals surface area contributed by atoms with Crippen molar-refractivity contribution in [2.75, 3.05) is 25.4 Å². The van der Waals surface area contributed by atoms with Gasteiger partial charge in [0, 0.05) is 12.6 Å². The van der Waals surface area contributed by atoms with Gasteiger partial charge in [0.05, 0.1) is 11.0 Å². The first-order valence-corrected chi connectivity index (χ1v) is 9.29. The van der Waals surface area contributed by atoms with Crippen molar-refractivity contribution in [2.45, 2.75) is 57.7 Å². The van der Waals surface area contributed by atoms with Crippen molar-refractivity contribution in [1.82, 2.24) is 4.90 Å². The van der Waals surface area contributed by atoms with Crippen molar-refractivity contribution in [3.05, 3.63) is 0 Å². The van der Waals surface area contributed by atoms with Crippen molar-refractivity contribution in [2.24, 2.45) is 11.7 Å². The standard InChI is InChI=1S/C14H30N2O2S/c1-4-16(9-10-19(17,18)12(2)3)14-8-6-5-7-13(14)11-15/h12-14H,4-11,15H2,1-3H3. The summed E-state index contributed by atoms with van der Waals surface area (Å²) < 4.78 is 23.9. The van der Waals surface area contributed by atoms with Gasteiger partial charge in [-0.2, -0.15) is 0 Å². The lowest BCUT2D eigenvalue weighted by Gasteiger charge is -2.39. The molecule has 0 aromatic carbocycles. The summed E-state index contributed by atoms with van der Waals surface area (Å²) in [7, 11) is -2.94. The molecule has 4 nitrogen and oxygen atoms in total. The Morgan fingerprint density at radius 1 is 1.26 bits per heavy atom. The van der Waals surface area contributed by atoms with Gasteiger partial charge in [0.2, 0.25) is 0 Å². The van der Waals surface area contributed by atoms with Crippen LogP contribution in [0.5, 0.6) is 0 Å². The summed E-state index contributed by atoms with van der Waals surface area (Å²) in [6.45, 7) is 7.92. The summed E-state index contributed by atoms with van der Waals surface area (Å²) in [6.07, 6.45) is 4.86. The Hall–Kier alpha value is -0.130. The molecule has 0 saturated heterocycles. The van der Waals surface area contributed by atoms with Gasteiger partial charge >= 0.3 is 0 Å². The van der Waals surface area contributed by atoms with Gasteiger partial charge in [-0.25, -0.2) is 8.42 Å². The van der Waals surface area contributed by atoms with E-state index in [-0.39, 0.29) is 11.0 Å². The van der Waals surface area contributed by atoms with E-state index in [0.29, 0.717) is 18.5 Å². The highest BCUT2D eigenvalue weighted by molar-refractivity contribution is 7.92. The van der Waals surface area contributed by atoms with Crippen LogP contribution in [0.4, 0.5) is 0 Å². The zero-order valence-electron chi connectivity index (χ0n) is 12.6. The fourth-order valence-corrected chi connectivity index (χ4v) is 3.94. The van der Waals surface area contributed by atoms with Crippen molar-refractivity contribution in [1.29, 1.82) is 0 Å². The number of sulfone groups is 1. The predicted octanol–water partition coefficient (Wildman–Crippen LogP) is 1.65. The molecule has 5 heteroatoms. The second kappa shape index (κ2) is 7.60. The molecule has 1 saturated carbocycles. The van der Waals surface area contributed by atoms with Gasteiger partial charge in [0.15, 0.2) is 9.84 Å². The smallest absolute Gasteiger partial charge is 0.153 e. The zero-order valence-corrected chi connectivity index (χ0v) is 13.5. The second-order valence-corrected chi connectivity index (χ2v) is 8.57. The van der Waals surface area contributed by atoms with Gasteiger partial charge in [0.1, 0.15) is 0 Å². The van der Waals surface area contributed by atoms with Gasteiger partial charge in [-0.05, 0) is 45.7 Å². The average molecular weight is 290 g/mol. The third-order valence-corrected chi connectivity index (χ3v) is 6.62. The molecule has 1 aliphatic carbocycles. The number of hydrogen-bond acceptors (Lipinski definition) is 4. The molecule has 0 spiro atoms. The molecule has 0 heterocycles. The van der Waals surface area contributed by atoms with E-state index in [0.717, 1.165) is 19.5 Å². The molecule has 114 valence electrons. The van der Waals surface area contributed by atoms with Gasteiger partial charge in [0.25, 0.3) is 0 Å². The third kappa shape index (κ3) is 4.72. The third-order valence-electron chi connectivity index (χ3n) is 4.43. The summed E-state index contributed by atoms with van der Waals surface area (Å²) >= 11 is 0. The fraction of sp³-hybridized carbons (Fsp3) is 1.00. The van der Waals surface area contributed by atoms with E-state index in [2.05, 4.69) is 11.8 Å². The normalized spacial score (nSPS) is 25.2. The SMILES string of the molecule is CCN(CCS(=O)(=O)C(C)C)C1CCCCC1CN. The summed E-state index contributed by atoms with van der Waals surface area (Å²) in [5.74, 6) is 0.808. The van der Waals surface area contributed by atoms with Crippen molar-refractivity contribution >= 4 is 9.84 Å². The van der Waals surface area contributed by atoms with Crippen LogP contribution in [-0.4, -0.2) is 50.0 Å². The Morgan fingerprint density at radius 3 is 2.42 bits per heavy atom. The maximum absolute atomic E-state index is 11.9. The summed E-state index contributed by atoms with van der Waals surface area (Å²) in [4.78, 5) is 2.33. The molecule has 1 aliphatic rings. The highest BCUT2D eigenvalue weighted by atomic mass is 32.2. The molecule has 0 amide bonds. The topological polar surface area (TPSA) is 63.4 Å². The minimum Gasteiger partial charge on any atom is -0.330 e. The van der Waals surface area contributed by atoms with E-state index in [1.165, 1.54) is 19.3 Å². The van der Waals surface area contributed by atoms with Crippen molar-refractivity contribution in [3.8, 4) is 0 Å². The number of hydrogen-bond donors (Lipinski definition) is 1. The zero-order chi connectivity index (χ0) is 14.5.